The summed E-state index contributed by atoms with van der Waals surface area (Å²) in [5, 5.41) is 3.66. The lowest BCUT2D eigenvalue weighted by atomic mass is 9.97. The minimum Gasteiger partial charge on any atom is -0.354 e. The first-order valence-electron chi connectivity index (χ1n) is 9.89. The van der Waals surface area contributed by atoms with Crippen molar-refractivity contribution < 1.29 is 9.59 Å². The van der Waals surface area contributed by atoms with E-state index in [-0.39, 0.29) is 17.7 Å². The Balaban J connectivity index is 1.97. The number of benzene rings is 1. The molecule has 2 amide bonds. The summed E-state index contributed by atoms with van der Waals surface area (Å²) < 4.78 is 0. The van der Waals surface area contributed by atoms with Gasteiger partial charge in [0.2, 0.25) is 11.8 Å². The van der Waals surface area contributed by atoms with Crippen molar-refractivity contribution in [2.24, 2.45) is 5.92 Å². The maximum Gasteiger partial charge on any atom is 0.242 e. The van der Waals surface area contributed by atoms with Crippen LogP contribution in [0.5, 0.6) is 0 Å². The molecule has 1 aromatic rings. The van der Waals surface area contributed by atoms with Gasteiger partial charge in [0.1, 0.15) is 6.04 Å². The van der Waals surface area contributed by atoms with E-state index in [9.17, 15) is 9.59 Å². The Morgan fingerprint density at radius 2 is 1.85 bits per heavy atom. The Morgan fingerprint density at radius 1 is 1.15 bits per heavy atom. The van der Waals surface area contributed by atoms with E-state index in [1.54, 1.807) is 24.0 Å². The molecule has 4 nitrogen and oxygen atoms in total. The molecule has 1 aliphatic rings. The van der Waals surface area contributed by atoms with Crippen LogP contribution in [0.2, 0.25) is 5.02 Å². The van der Waals surface area contributed by atoms with Gasteiger partial charge < -0.3 is 10.2 Å². The highest BCUT2D eigenvalue weighted by molar-refractivity contribution is 6.30. The van der Waals surface area contributed by atoms with Crippen LogP contribution in [0.25, 0.3) is 0 Å². The van der Waals surface area contributed by atoms with Gasteiger partial charge in [0.25, 0.3) is 0 Å². The van der Waals surface area contributed by atoms with E-state index in [1.807, 2.05) is 26.0 Å². The smallest absolute Gasteiger partial charge is 0.242 e. The van der Waals surface area contributed by atoms with Crippen LogP contribution in [0.4, 0.5) is 0 Å². The average molecular weight is 391 g/mol. The third kappa shape index (κ3) is 6.69. The standard InChI is InChI=1S/C22H31ClN2O2/c1-16(2)22(27)25(15-19-9-11-20(23)12-10-19)17(3)21(26)24-14-13-18-7-5-4-6-8-18/h7,9-12,16-17H,4-6,8,13-15H2,1-3H3,(H,24,26). The lowest BCUT2D eigenvalue weighted by Crippen LogP contribution is -2.49. The molecule has 1 atom stereocenters. The van der Waals surface area contributed by atoms with Crippen LogP contribution in [0, 0.1) is 5.92 Å². The van der Waals surface area contributed by atoms with Gasteiger partial charge in [0, 0.05) is 24.0 Å². The van der Waals surface area contributed by atoms with Crippen LogP contribution in [0.15, 0.2) is 35.9 Å². The molecular formula is C22H31ClN2O2. The van der Waals surface area contributed by atoms with Crippen molar-refractivity contribution in [1.29, 1.82) is 0 Å². The number of hydrogen-bond donors (Lipinski definition) is 1. The van der Waals surface area contributed by atoms with Crippen LogP contribution in [0.3, 0.4) is 0 Å². The summed E-state index contributed by atoms with van der Waals surface area (Å²) in [5.74, 6) is -0.295. The molecule has 0 aliphatic heterocycles. The Hall–Kier alpha value is -1.81. The van der Waals surface area contributed by atoms with Crippen LogP contribution in [-0.2, 0) is 16.1 Å². The van der Waals surface area contributed by atoms with Gasteiger partial charge >= 0.3 is 0 Å². The highest BCUT2D eigenvalue weighted by Crippen LogP contribution is 2.19. The van der Waals surface area contributed by atoms with Crippen molar-refractivity contribution >= 4 is 23.4 Å². The molecule has 0 radical (unpaired) electrons. The van der Waals surface area contributed by atoms with E-state index in [0.717, 1.165) is 24.8 Å². The fourth-order valence-corrected chi connectivity index (χ4v) is 3.42. The topological polar surface area (TPSA) is 49.4 Å². The predicted molar refractivity (Wildman–Crippen MR) is 110 cm³/mol. The lowest BCUT2D eigenvalue weighted by molar-refractivity contribution is -0.143. The quantitative estimate of drug-likeness (QED) is 0.653. The highest BCUT2D eigenvalue weighted by Gasteiger charge is 2.27. The first kappa shape index (κ1) is 21.5. The zero-order valence-electron chi connectivity index (χ0n) is 16.6. The minimum absolute atomic E-state index is 0.0254. The lowest BCUT2D eigenvalue weighted by Gasteiger charge is -2.30. The monoisotopic (exact) mass is 390 g/mol. The molecule has 0 spiro atoms. The van der Waals surface area contributed by atoms with Gasteiger partial charge in [-0.25, -0.2) is 0 Å². The predicted octanol–water partition coefficient (Wildman–Crippen LogP) is 4.72. The second kappa shape index (κ2) is 10.5. The number of hydrogen-bond acceptors (Lipinski definition) is 2. The van der Waals surface area contributed by atoms with Crippen LogP contribution >= 0.6 is 11.6 Å². The summed E-state index contributed by atoms with van der Waals surface area (Å²) in [5.41, 5.74) is 2.39. The van der Waals surface area contributed by atoms with Gasteiger partial charge in [-0.3, -0.25) is 9.59 Å². The Bertz CT molecular complexity index is 667. The molecule has 0 saturated carbocycles. The SMILES string of the molecule is CC(C)C(=O)N(Cc1ccc(Cl)cc1)C(C)C(=O)NCCC1=CCCCC1. The van der Waals surface area contributed by atoms with Crippen molar-refractivity contribution in [1.82, 2.24) is 10.2 Å². The zero-order valence-corrected chi connectivity index (χ0v) is 17.4. The largest absolute Gasteiger partial charge is 0.354 e. The van der Waals surface area contributed by atoms with E-state index in [4.69, 9.17) is 11.6 Å². The molecule has 2 rings (SSSR count). The number of amides is 2. The van der Waals surface area contributed by atoms with Gasteiger partial charge in [0.15, 0.2) is 0 Å². The molecule has 1 aliphatic carbocycles. The first-order chi connectivity index (χ1) is 12.9. The second-order valence-corrected chi connectivity index (χ2v) is 8.01. The van der Waals surface area contributed by atoms with Crippen molar-refractivity contribution in [2.45, 2.75) is 65.5 Å². The van der Waals surface area contributed by atoms with E-state index in [1.165, 1.54) is 18.4 Å². The summed E-state index contributed by atoms with van der Waals surface area (Å²) in [7, 11) is 0. The number of nitrogens with zero attached hydrogens (tertiary/aromatic N) is 1. The van der Waals surface area contributed by atoms with Crippen LogP contribution < -0.4 is 5.32 Å². The molecular weight excluding hydrogens is 360 g/mol. The number of carbonyl (C=O) groups is 2. The van der Waals surface area contributed by atoms with Gasteiger partial charge in [-0.2, -0.15) is 0 Å². The summed E-state index contributed by atoms with van der Waals surface area (Å²) in [6.07, 6.45) is 8.00. The fraction of sp³-hybridized carbons (Fsp3) is 0.545. The van der Waals surface area contributed by atoms with Crippen LogP contribution in [-0.4, -0.2) is 29.3 Å². The highest BCUT2D eigenvalue weighted by atomic mass is 35.5. The third-order valence-corrected chi connectivity index (χ3v) is 5.27. The molecule has 0 saturated heterocycles. The molecule has 1 N–H and O–H groups in total. The normalized spacial score (nSPS) is 15.2. The van der Waals surface area contributed by atoms with Crippen molar-refractivity contribution in [3.05, 3.63) is 46.5 Å². The van der Waals surface area contributed by atoms with Crippen LogP contribution in [0.1, 0.15) is 58.4 Å². The van der Waals surface area contributed by atoms with Gasteiger partial charge in [-0.15, -0.1) is 0 Å². The summed E-state index contributed by atoms with van der Waals surface area (Å²) in [6.45, 7) is 6.54. The number of carbonyl (C=O) groups excluding carboxylic acids is 2. The second-order valence-electron chi connectivity index (χ2n) is 7.57. The molecule has 0 aromatic heterocycles. The van der Waals surface area contributed by atoms with Gasteiger partial charge in [-0.1, -0.05) is 49.2 Å². The van der Waals surface area contributed by atoms with Crippen molar-refractivity contribution in [3.8, 4) is 0 Å². The van der Waals surface area contributed by atoms with E-state index in [2.05, 4.69) is 11.4 Å². The number of allylic oxidation sites excluding steroid dienone is 1. The Kier molecular flexibility index (Phi) is 8.36. The molecule has 0 fully saturated rings. The number of rotatable bonds is 8. The molecule has 27 heavy (non-hydrogen) atoms. The first-order valence-corrected chi connectivity index (χ1v) is 10.3. The Morgan fingerprint density at radius 3 is 2.44 bits per heavy atom. The summed E-state index contributed by atoms with van der Waals surface area (Å²) in [4.78, 5) is 27.0. The van der Waals surface area contributed by atoms with E-state index in [0.29, 0.717) is 18.1 Å². The van der Waals surface area contributed by atoms with E-state index < -0.39 is 6.04 Å². The van der Waals surface area contributed by atoms with E-state index >= 15 is 0 Å². The fourth-order valence-electron chi connectivity index (χ4n) is 3.29. The maximum atomic E-state index is 12.7. The third-order valence-electron chi connectivity index (χ3n) is 5.02. The molecule has 5 heteroatoms. The molecule has 0 heterocycles. The Labute approximate surface area is 168 Å². The zero-order chi connectivity index (χ0) is 19.8. The van der Waals surface area contributed by atoms with Gasteiger partial charge in [0.05, 0.1) is 0 Å². The van der Waals surface area contributed by atoms with Crippen molar-refractivity contribution in [3.63, 3.8) is 0 Å². The van der Waals surface area contributed by atoms with Gasteiger partial charge in [-0.05, 0) is 56.7 Å². The average Bonchev–Trinajstić information content (AvgIpc) is 2.67. The molecule has 0 bridgehead atoms. The molecule has 1 aromatic carbocycles. The maximum absolute atomic E-state index is 12.7. The number of halogens is 1. The van der Waals surface area contributed by atoms with Crippen molar-refractivity contribution in [2.75, 3.05) is 6.54 Å². The summed E-state index contributed by atoms with van der Waals surface area (Å²) in [6, 6.07) is 6.87. The molecule has 148 valence electrons. The molecule has 1 unspecified atom stereocenters. The summed E-state index contributed by atoms with van der Waals surface area (Å²) >= 11 is 5.95. The number of nitrogens with one attached hydrogen (secondary N) is 1. The minimum atomic E-state index is -0.518.